The lowest BCUT2D eigenvalue weighted by Crippen LogP contribution is -2.54. The highest BCUT2D eigenvalue weighted by Crippen LogP contribution is 2.91. The Bertz CT molecular complexity index is 1160. The van der Waals surface area contributed by atoms with Crippen molar-refractivity contribution in [2.24, 2.45) is 0 Å². The summed E-state index contributed by atoms with van der Waals surface area (Å²) in [6, 6.07) is 27.8. The molecular weight excluding hydrogens is 376 g/mol. The largest absolute Gasteiger partial charge is 0.467 e. The fraction of sp³-hybridized carbons (Fsp3) is 0.269. The molecule has 2 saturated carbocycles. The molecule has 3 aliphatic rings. The van der Waals surface area contributed by atoms with Crippen molar-refractivity contribution in [1.82, 2.24) is 0 Å². The van der Waals surface area contributed by atoms with Crippen molar-refractivity contribution in [1.29, 1.82) is 0 Å². The zero-order valence-electron chi connectivity index (χ0n) is 16.5. The third kappa shape index (κ3) is 1.60. The summed E-state index contributed by atoms with van der Waals surface area (Å²) in [5.41, 5.74) is 0.504. The van der Waals surface area contributed by atoms with Gasteiger partial charge in [0.1, 0.15) is 6.10 Å². The van der Waals surface area contributed by atoms with Gasteiger partial charge in [0.2, 0.25) is 0 Å². The summed E-state index contributed by atoms with van der Waals surface area (Å²) in [5, 5.41) is 23.7. The number of fused-ring (bicyclic) bond motifs is 4. The number of rotatable bonds is 3. The van der Waals surface area contributed by atoms with E-state index in [0.717, 1.165) is 22.3 Å². The molecule has 0 aliphatic heterocycles. The molecule has 6 unspecified atom stereocenters. The molecule has 6 rings (SSSR count). The molecule has 0 saturated heterocycles. The Balaban J connectivity index is 1.75. The first-order chi connectivity index (χ1) is 14.6. The van der Waals surface area contributed by atoms with E-state index in [1.54, 1.807) is 0 Å². The minimum absolute atomic E-state index is 0.0315. The molecule has 0 heterocycles. The third-order valence-electron chi connectivity index (χ3n) is 7.89. The van der Waals surface area contributed by atoms with E-state index < -0.39 is 34.4 Å². The van der Waals surface area contributed by atoms with Crippen LogP contribution in [0.5, 0.6) is 0 Å². The molecule has 2 N–H and O–H groups in total. The third-order valence-corrected chi connectivity index (χ3v) is 7.89. The van der Waals surface area contributed by atoms with Gasteiger partial charge in [0.05, 0.1) is 7.11 Å². The molecule has 3 aromatic carbocycles. The molecule has 30 heavy (non-hydrogen) atoms. The average Bonchev–Trinajstić information content (AvgIpc) is 3.27. The molecule has 6 atom stereocenters. The van der Waals surface area contributed by atoms with Gasteiger partial charge in [0, 0.05) is 22.7 Å². The van der Waals surface area contributed by atoms with Crippen molar-refractivity contribution < 1.29 is 19.7 Å². The van der Waals surface area contributed by atoms with Crippen molar-refractivity contribution in [3.8, 4) is 0 Å². The zero-order chi connectivity index (χ0) is 20.7. The number of benzene rings is 3. The highest BCUT2D eigenvalue weighted by Gasteiger charge is 2.96. The van der Waals surface area contributed by atoms with E-state index in [0.29, 0.717) is 0 Å². The number of carbonyl (C=O) groups excluding carboxylic acids is 1. The molecule has 0 spiro atoms. The van der Waals surface area contributed by atoms with Crippen LogP contribution in [0.15, 0.2) is 84.9 Å². The summed E-state index contributed by atoms with van der Waals surface area (Å²) in [5.74, 6) is -1.42. The van der Waals surface area contributed by atoms with Crippen LogP contribution in [0, 0.1) is 0 Å². The maximum absolute atomic E-state index is 13.0. The number of hydrogen-bond acceptors (Lipinski definition) is 4. The molecule has 0 bridgehead atoms. The van der Waals surface area contributed by atoms with Crippen LogP contribution in [0.1, 0.15) is 34.1 Å². The van der Waals surface area contributed by atoms with Gasteiger partial charge in [-0.15, -0.1) is 0 Å². The Hall–Kier alpha value is -2.95. The van der Waals surface area contributed by atoms with E-state index in [4.69, 9.17) is 4.74 Å². The molecule has 0 radical (unpaired) electrons. The maximum atomic E-state index is 13.0. The minimum atomic E-state index is -2.04. The van der Waals surface area contributed by atoms with E-state index in [2.05, 4.69) is 6.07 Å². The summed E-state index contributed by atoms with van der Waals surface area (Å²) < 4.78 is 5.05. The number of aliphatic hydroxyl groups excluding tert-OH is 1. The monoisotopic (exact) mass is 398 g/mol. The van der Waals surface area contributed by atoms with Crippen LogP contribution in [0.25, 0.3) is 0 Å². The summed E-state index contributed by atoms with van der Waals surface area (Å²) >= 11 is 0. The van der Waals surface area contributed by atoms with Crippen LogP contribution in [-0.2, 0) is 20.4 Å². The van der Waals surface area contributed by atoms with Crippen molar-refractivity contribution in [3.05, 3.63) is 107 Å². The number of aliphatic hydroxyl groups is 2. The molecular formula is C26H22O4. The predicted molar refractivity (Wildman–Crippen MR) is 111 cm³/mol. The van der Waals surface area contributed by atoms with Gasteiger partial charge in [0.15, 0.2) is 5.60 Å². The van der Waals surface area contributed by atoms with Gasteiger partial charge < -0.3 is 14.9 Å². The molecule has 2 fully saturated rings. The van der Waals surface area contributed by atoms with Gasteiger partial charge in [-0.2, -0.15) is 0 Å². The Labute approximate surface area is 174 Å². The standard InChI is InChI=1S/C26H22O4/c1-30-23(28)26(29)21-19-15-9-8-14-18(19)20-24(21,16-10-4-2-5-11-16)25(20,22(26)27)17-12-6-3-7-13-17/h2-15,20-22,27,29H,1H3. The van der Waals surface area contributed by atoms with Gasteiger partial charge >= 0.3 is 5.97 Å². The van der Waals surface area contributed by atoms with Gasteiger partial charge in [-0.25, -0.2) is 4.79 Å². The zero-order valence-corrected chi connectivity index (χ0v) is 16.5. The first-order valence-corrected chi connectivity index (χ1v) is 10.3. The van der Waals surface area contributed by atoms with E-state index in [-0.39, 0.29) is 5.92 Å². The van der Waals surface area contributed by atoms with Crippen LogP contribution < -0.4 is 0 Å². The van der Waals surface area contributed by atoms with E-state index in [9.17, 15) is 15.0 Å². The average molecular weight is 398 g/mol. The van der Waals surface area contributed by atoms with Crippen LogP contribution in [0.2, 0.25) is 0 Å². The van der Waals surface area contributed by atoms with Gasteiger partial charge in [-0.1, -0.05) is 84.9 Å². The van der Waals surface area contributed by atoms with Gasteiger partial charge in [-0.3, -0.25) is 0 Å². The number of carbonyl (C=O) groups is 1. The van der Waals surface area contributed by atoms with E-state index >= 15 is 0 Å². The van der Waals surface area contributed by atoms with Crippen LogP contribution in [0.4, 0.5) is 0 Å². The second-order valence-electron chi connectivity index (χ2n) is 8.68. The fourth-order valence-corrected chi connectivity index (χ4v) is 7.13. The Morgan fingerprint density at radius 1 is 0.767 bits per heavy atom. The van der Waals surface area contributed by atoms with Crippen molar-refractivity contribution >= 4 is 5.97 Å². The number of ether oxygens (including phenoxy) is 1. The number of hydrogen-bond donors (Lipinski definition) is 2. The van der Waals surface area contributed by atoms with Crippen molar-refractivity contribution in [2.45, 2.75) is 34.4 Å². The Morgan fingerprint density at radius 3 is 1.77 bits per heavy atom. The molecule has 150 valence electrons. The smallest absolute Gasteiger partial charge is 0.341 e. The predicted octanol–water partition coefficient (Wildman–Crippen LogP) is 3.04. The summed E-state index contributed by atoms with van der Waals surface area (Å²) in [6.45, 7) is 0. The molecule has 0 amide bonds. The topological polar surface area (TPSA) is 66.8 Å². The second-order valence-corrected chi connectivity index (χ2v) is 8.68. The van der Waals surface area contributed by atoms with E-state index in [1.165, 1.54) is 7.11 Å². The molecule has 3 aliphatic carbocycles. The number of esters is 1. The van der Waals surface area contributed by atoms with E-state index in [1.807, 2.05) is 78.9 Å². The normalized spacial score (nSPS) is 37.4. The Kier molecular flexibility index (Phi) is 3.33. The lowest BCUT2D eigenvalue weighted by molar-refractivity contribution is -0.177. The summed E-state index contributed by atoms with van der Waals surface area (Å²) in [6.07, 6.45) is -1.30. The highest BCUT2D eigenvalue weighted by atomic mass is 16.5. The maximum Gasteiger partial charge on any atom is 0.341 e. The Morgan fingerprint density at radius 2 is 1.23 bits per heavy atom. The lowest BCUT2D eigenvalue weighted by atomic mass is 9.74. The molecule has 4 heteroatoms. The molecule has 3 aromatic rings. The summed E-state index contributed by atoms with van der Waals surface area (Å²) in [7, 11) is 1.26. The van der Waals surface area contributed by atoms with Crippen LogP contribution in [-0.4, -0.2) is 35.0 Å². The summed E-state index contributed by atoms with van der Waals surface area (Å²) in [4.78, 5) is 13.0. The minimum Gasteiger partial charge on any atom is -0.467 e. The van der Waals surface area contributed by atoms with Crippen LogP contribution in [0.3, 0.4) is 0 Å². The lowest BCUT2D eigenvalue weighted by Gasteiger charge is -2.34. The first kappa shape index (κ1) is 17.9. The number of methoxy groups -OCH3 is 1. The quantitative estimate of drug-likeness (QED) is 0.666. The highest BCUT2D eigenvalue weighted by molar-refractivity contribution is 5.90. The van der Waals surface area contributed by atoms with Gasteiger partial charge in [0.25, 0.3) is 0 Å². The van der Waals surface area contributed by atoms with Crippen molar-refractivity contribution in [3.63, 3.8) is 0 Å². The second kappa shape index (κ2) is 5.60. The molecule has 4 nitrogen and oxygen atoms in total. The molecule has 0 aromatic heterocycles. The SMILES string of the molecule is COC(=O)C1(O)C(O)C2(c3ccccc3)C3c4ccccc4C1C32c1ccccc1. The van der Waals surface area contributed by atoms with Crippen molar-refractivity contribution in [2.75, 3.05) is 7.11 Å². The van der Waals surface area contributed by atoms with Gasteiger partial charge in [-0.05, 0) is 22.3 Å². The van der Waals surface area contributed by atoms with Crippen LogP contribution >= 0.6 is 0 Å². The first-order valence-electron chi connectivity index (χ1n) is 10.3. The fourth-order valence-electron chi connectivity index (χ4n) is 7.13.